The minimum atomic E-state index is 0.225. The summed E-state index contributed by atoms with van der Waals surface area (Å²) in [6, 6.07) is 8.22. The molecule has 1 aliphatic carbocycles. The van der Waals surface area contributed by atoms with Crippen LogP contribution in [0, 0.1) is 0 Å². The summed E-state index contributed by atoms with van der Waals surface area (Å²) in [5.41, 5.74) is 2.54. The normalized spacial score (nSPS) is 14.3. The number of carbonyl (C=O) groups is 1. The van der Waals surface area contributed by atoms with E-state index in [0.29, 0.717) is 6.54 Å². The van der Waals surface area contributed by atoms with Crippen LogP contribution in [-0.4, -0.2) is 49.5 Å². The molecular formula is C21H32N2O2. The molecule has 0 saturated carbocycles. The van der Waals surface area contributed by atoms with Gasteiger partial charge in [-0.25, -0.2) is 0 Å². The largest absolute Gasteiger partial charge is 0.497 e. The number of methoxy groups -OCH3 is 1. The van der Waals surface area contributed by atoms with E-state index in [1.165, 1.54) is 24.1 Å². The number of hydrogen-bond donors (Lipinski definition) is 0. The molecule has 1 aromatic rings. The van der Waals surface area contributed by atoms with Gasteiger partial charge in [0.1, 0.15) is 5.75 Å². The van der Waals surface area contributed by atoms with Crippen molar-refractivity contribution < 1.29 is 9.53 Å². The molecule has 4 heteroatoms. The topological polar surface area (TPSA) is 32.8 Å². The van der Waals surface area contributed by atoms with Gasteiger partial charge in [0, 0.05) is 12.2 Å². The molecule has 138 valence electrons. The average molecular weight is 344 g/mol. The first-order valence-corrected chi connectivity index (χ1v) is 9.45. The summed E-state index contributed by atoms with van der Waals surface area (Å²) in [4.78, 5) is 16.7. The average Bonchev–Trinajstić information content (AvgIpc) is 2.64. The molecule has 4 nitrogen and oxygen atoms in total. The number of hydrogen-bond acceptors (Lipinski definition) is 3. The fourth-order valence-corrected chi connectivity index (χ4v) is 3.35. The molecule has 1 aromatic carbocycles. The van der Waals surface area contributed by atoms with Crippen LogP contribution < -0.4 is 4.74 Å². The second-order valence-corrected chi connectivity index (χ2v) is 6.77. The van der Waals surface area contributed by atoms with E-state index in [-0.39, 0.29) is 5.91 Å². The maximum atomic E-state index is 12.6. The number of nitrogens with zero attached hydrogens (tertiary/aromatic N) is 2. The Balaban J connectivity index is 1.75. The van der Waals surface area contributed by atoms with E-state index in [0.717, 1.165) is 44.5 Å². The highest BCUT2D eigenvalue weighted by Gasteiger charge is 2.18. The third-order valence-corrected chi connectivity index (χ3v) is 4.80. The summed E-state index contributed by atoms with van der Waals surface area (Å²) in [7, 11) is 3.72. The first-order valence-electron chi connectivity index (χ1n) is 9.45. The summed E-state index contributed by atoms with van der Waals surface area (Å²) >= 11 is 0. The second-order valence-electron chi connectivity index (χ2n) is 6.77. The van der Waals surface area contributed by atoms with E-state index >= 15 is 0 Å². The molecule has 0 radical (unpaired) electrons. The fourth-order valence-electron chi connectivity index (χ4n) is 3.35. The van der Waals surface area contributed by atoms with Gasteiger partial charge in [0.2, 0.25) is 5.91 Å². The van der Waals surface area contributed by atoms with Crippen molar-refractivity contribution in [3.8, 4) is 5.75 Å². The molecule has 0 heterocycles. The lowest BCUT2D eigenvalue weighted by Crippen LogP contribution is -2.39. The number of allylic oxidation sites excluding steroid dienone is 2. The van der Waals surface area contributed by atoms with Crippen LogP contribution in [-0.2, 0) is 11.2 Å². The predicted octanol–water partition coefficient (Wildman–Crippen LogP) is 3.87. The van der Waals surface area contributed by atoms with E-state index in [4.69, 9.17) is 4.74 Å². The maximum absolute atomic E-state index is 12.6. The van der Waals surface area contributed by atoms with Gasteiger partial charge in [-0.1, -0.05) is 18.2 Å². The van der Waals surface area contributed by atoms with Crippen LogP contribution >= 0.6 is 0 Å². The zero-order valence-corrected chi connectivity index (χ0v) is 16.0. The lowest BCUT2D eigenvalue weighted by atomic mass is 10.0. The molecule has 0 N–H and O–H groups in total. The van der Waals surface area contributed by atoms with E-state index < -0.39 is 0 Å². The maximum Gasteiger partial charge on any atom is 0.240 e. The zero-order chi connectivity index (χ0) is 18.1. The van der Waals surface area contributed by atoms with Gasteiger partial charge in [-0.05, 0) is 76.7 Å². The van der Waals surface area contributed by atoms with Crippen LogP contribution in [0.5, 0.6) is 5.75 Å². The molecule has 1 amide bonds. The number of likely N-dealkylation sites (N-methyl/N-ethyl adjacent to an activating group) is 2. The van der Waals surface area contributed by atoms with Crippen LogP contribution in [0.2, 0.25) is 0 Å². The number of rotatable bonds is 9. The molecule has 0 aliphatic heterocycles. The smallest absolute Gasteiger partial charge is 0.240 e. The first kappa shape index (κ1) is 19.5. The lowest BCUT2D eigenvalue weighted by Gasteiger charge is -2.28. The van der Waals surface area contributed by atoms with Gasteiger partial charge in [-0.2, -0.15) is 0 Å². The number of aryl methyl sites for hydroxylation is 1. The Morgan fingerprint density at radius 3 is 2.56 bits per heavy atom. The van der Waals surface area contributed by atoms with Gasteiger partial charge in [0.05, 0.1) is 13.7 Å². The van der Waals surface area contributed by atoms with E-state index in [2.05, 4.69) is 30.0 Å². The van der Waals surface area contributed by atoms with Crippen molar-refractivity contribution in [1.29, 1.82) is 0 Å². The Bertz CT molecular complexity index is 566. The van der Waals surface area contributed by atoms with E-state index in [1.807, 2.05) is 24.1 Å². The monoisotopic (exact) mass is 344 g/mol. The molecular weight excluding hydrogens is 312 g/mol. The standard InChI is InChI=1S/C21H32N2O2/c1-4-23(19-10-6-5-7-11-19)21(24)17-22(2)16-8-9-18-12-14-20(25-3)15-13-18/h10,12-15H,4-9,11,16-17H2,1-3H3. The van der Waals surface area contributed by atoms with Gasteiger partial charge in [0.15, 0.2) is 0 Å². The molecule has 0 saturated heterocycles. The molecule has 25 heavy (non-hydrogen) atoms. The highest BCUT2D eigenvalue weighted by Crippen LogP contribution is 2.21. The summed E-state index contributed by atoms with van der Waals surface area (Å²) in [6.45, 7) is 4.25. The van der Waals surface area contributed by atoms with Crippen molar-refractivity contribution in [1.82, 2.24) is 9.80 Å². The molecule has 1 aliphatic rings. The number of benzene rings is 1. The van der Waals surface area contributed by atoms with Crippen LogP contribution in [0.4, 0.5) is 0 Å². The second kappa shape index (κ2) is 10.2. The van der Waals surface area contributed by atoms with Gasteiger partial charge in [0.25, 0.3) is 0 Å². The molecule has 0 fully saturated rings. The van der Waals surface area contributed by atoms with Crippen LogP contribution in [0.3, 0.4) is 0 Å². The molecule has 2 rings (SSSR count). The zero-order valence-electron chi connectivity index (χ0n) is 16.0. The Hall–Kier alpha value is -1.81. The van der Waals surface area contributed by atoms with Crippen molar-refractivity contribution in [2.45, 2.75) is 45.4 Å². The number of carbonyl (C=O) groups excluding carboxylic acids is 1. The third-order valence-electron chi connectivity index (χ3n) is 4.80. The third kappa shape index (κ3) is 6.20. The first-order chi connectivity index (χ1) is 12.1. The van der Waals surface area contributed by atoms with Crippen molar-refractivity contribution in [2.24, 2.45) is 0 Å². The molecule has 0 aromatic heterocycles. The molecule has 0 unspecified atom stereocenters. The van der Waals surface area contributed by atoms with Crippen molar-refractivity contribution >= 4 is 5.91 Å². The minimum Gasteiger partial charge on any atom is -0.497 e. The van der Waals surface area contributed by atoms with Crippen molar-refractivity contribution in [3.05, 3.63) is 41.6 Å². The number of ether oxygens (including phenoxy) is 1. The van der Waals surface area contributed by atoms with Gasteiger partial charge in [-0.15, -0.1) is 0 Å². The summed E-state index contributed by atoms with van der Waals surface area (Å²) in [5.74, 6) is 1.12. The van der Waals surface area contributed by atoms with Gasteiger partial charge in [-0.3, -0.25) is 9.69 Å². The Labute approximate surface area is 152 Å². The van der Waals surface area contributed by atoms with Gasteiger partial charge >= 0.3 is 0 Å². The van der Waals surface area contributed by atoms with E-state index in [9.17, 15) is 4.79 Å². The quantitative estimate of drug-likeness (QED) is 0.682. The van der Waals surface area contributed by atoms with Crippen molar-refractivity contribution in [2.75, 3.05) is 33.8 Å². The lowest BCUT2D eigenvalue weighted by molar-refractivity contribution is -0.130. The summed E-state index contributed by atoms with van der Waals surface area (Å²) in [6.07, 6.45) is 8.91. The molecule has 0 spiro atoms. The number of amides is 1. The highest BCUT2D eigenvalue weighted by atomic mass is 16.5. The van der Waals surface area contributed by atoms with Crippen molar-refractivity contribution in [3.63, 3.8) is 0 Å². The molecule has 0 atom stereocenters. The predicted molar refractivity (Wildman–Crippen MR) is 103 cm³/mol. The Morgan fingerprint density at radius 2 is 1.96 bits per heavy atom. The summed E-state index contributed by atoms with van der Waals surface area (Å²) in [5, 5.41) is 0. The fraction of sp³-hybridized carbons (Fsp3) is 0.571. The van der Waals surface area contributed by atoms with Crippen LogP contribution in [0.25, 0.3) is 0 Å². The molecule has 0 bridgehead atoms. The van der Waals surface area contributed by atoms with Crippen LogP contribution in [0.1, 0.15) is 44.6 Å². The van der Waals surface area contributed by atoms with Gasteiger partial charge < -0.3 is 9.64 Å². The highest BCUT2D eigenvalue weighted by molar-refractivity contribution is 5.80. The minimum absolute atomic E-state index is 0.225. The Morgan fingerprint density at radius 1 is 1.20 bits per heavy atom. The summed E-state index contributed by atoms with van der Waals surface area (Å²) < 4.78 is 5.18. The van der Waals surface area contributed by atoms with Crippen LogP contribution in [0.15, 0.2) is 36.0 Å². The SMILES string of the molecule is CCN(C(=O)CN(C)CCCc1ccc(OC)cc1)C1=CCCCC1. The van der Waals surface area contributed by atoms with E-state index in [1.54, 1.807) is 7.11 Å². The Kier molecular flexibility index (Phi) is 7.99.